The van der Waals surface area contributed by atoms with Crippen LogP contribution in [0, 0.1) is 0 Å². The molecule has 0 unspecified atom stereocenters. The van der Waals surface area contributed by atoms with Crippen LogP contribution < -0.4 is 5.32 Å². The lowest BCUT2D eigenvalue weighted by molar-refractivity contribution is 0.134. The first-order valence-corrected chi connectivity index (χ1v) is 7.20. The standard InChI is InChI=1S/C17H17N3O3/c1-22-12-20-15-10-6-5-9-14(15)18-16(20)19-17(21)23-11-13-7-3-2-4-8-13/h2-10H,11-12H2,1H3,(H,18,19,21). The van der Waals surface area contributed by atoms with Crippen molar-refractivity contribution in [2.45, 2.75) is 13.3 Å². The monoisotopic (exact) mass is 311 g/mol. The maximum absolute atomic E-state index is 12.0. The Morgan fingerprint density at radius 3 is 2.65 bits per heavy atom. The number of benzene rings is 2. The molecule has 0 radical (unpaired) electrons. The Kier molecular flexibility index (Phi) is 4.54. The van der Waals surface area contributed by atoms with Gasteiger partial charge in [-0.1, -0.05) is 42.5 Å². The van der Waals surface area contributed by atoms with E-state index in [0.29, 0.717) is 5.95 Å². The normalized spacial score (nSPS) is 10.7. The van der Waals surface area contributed by atoms with E-state index in [1.807, 2.05) is 54.6 Å². The third-order valence-electron chi connectivity index (χ3n) is 3.34. The van der Waals surface area contributed by atoms with Crippen LogP contribution >= 0.6 is 0 Å². The number of rotatable bonds is 5. The molecule has 0 spiro atoms. The zero-order valence-corrected chi connectivity index (χ0v) is 12.7. The molecule has 0 atom stereocenters. The Morgan fingerprint density at radius 2 is 1.87 bits per heavy atom. The molecule has 1 aromatic heterocycles. The van der Waals surface area contributed by atoms with Crippen molar-refractivity contribution in [2.75, 3.05) is 12.4 Å². The zero-order valence-electron chi connectivity index (χ0n) is 12.7. The van der Waals surface area contributed by atoms with Gasteiger partial charge >= 0.3 is 6.09 Å². The summed E-state index contributed by atoms with van der Waals surface area (Å²) in [6, 6.07) is 17.1. The molecule has 1 heterocycles. The van der Waals surface area contributed by atoms with Gasteiger partial charge in [0.25, 0.3) is 0 Å². The summed E-state index contributed by atoms with van der Waals surface area (Å²) in [5.41, 5.74) is 2.59. The fraction of sp³-hybridized carbons (Fsp3) is 0.176. The number of anilines is 1. The van der Waals surface area contributed by atoms with E-state index in [9.17, 15) is 4.79 Å². The summed E-state index contributed by atoms with van der Waals surface area (Å²) >= 11 is 0. The van der Waals surface area contributed by atoms with Crippen molar-refractivity contribution in [3.63, 3.8) is 0 Å². The van der Waals surface area contributed by atoms with E-state index in [2.05, 4.69) is 10.3 Å². The molecule has 3 aromatic rings. The van der Waals surface area contributed by atoms with Gasteiger partial charge in [0.1, 0.15) is 13.3 Å². The molecule has 118 valence electrons. The van der Waals surface area contributed by atoms with Crippen LogP contribution in [0.25, 0.3) is 11.0 Å². The van der Waals surface area contributed by atoms with Gasteiger partial charge in [-0.05, 0) is 17.7 Å². The van der Waals surface area contributed by atoms with E-state index in [1.54, 1.807) is 11.7 Å². The van der Waals surface area contributed by atoms with E-state index < -0.39 is 6.09 Å². The van der Waals surface area contributed by atoms with Crippen molar-refractivity contribution in [2.24, 2.45) is 0 Å². The van der Waals surface area contributed by atoms with E-state index in [-0.39, 0.29) is 13.3 Å². The molecule has 0 saturated heterocycles. The van der Waals surface area contributed by atoms with Crippen molar-refractivity contribution in [3.05, 3.63) is 60.2 Å². The van der Waals surface area contributed by atoms with Crippen LogP contribution in [-0.2, 0) is 22.8 Å². The smallest absolute Gasteiger partial charge is 0.414 e. The van der Waals surface area contributed by atoms with Gasteiger partial charge in [-0.25, -0.2) is 9.78 Å². The van der Waals surface area contributed by atoms with Gasteiger partial charge in [-0.3, -0.25) is 9.88 Å². The maximum atomic E-state index is 12.0. The molecule has 0 aliphatic heterocycles. The Hall–Kier alpha value is -2.86. The first kappa shape index (κ1) is 15.1. The highest BCUT2D eigenvalue weighted by atomic mass is 16.5. The lowest BCUT2D eigenvalue weighted by atomic mass is 10.2. The topological polar surface area (TPSA) is 65.4 Å². The number of carbonyl (C=O) groups excluding carboxylic acids is 1. The minimum Gasteiger partial charge on any atom is -0.444 e. The highest BCUT2D eigenvalue weighted by Crippen LogP contribution is 2.19. The number of para-hydroxylation sites is 2. The van der Waals surface area contributed by atoms with Gasteiger partial charge in [0, 0.05) is 7.11 Å². The van der Waals surface area contributed by atoms with Crippen LogP contribution in [0.5, 0.6) is 0 Å². The minimum absolute atomic E-state index is 0.206. The Morgan fingerprint density at radius 1 is 1.13 bits per heavy atom. The number of aromatic nitrogens is 2. The first-order valence-electron chi connectivity index (χ1n) is 7.20. The van der Waals surface area contributed by atoms with Gasteiger partial charge in [0.2, 0.25) is 5.95 Å². The molecule has 1 amide bonds. The molecule has 0 aliphatic rings. The number of ether oxygens (including phenoxy) is 2. The van der Waals surface area contributed by atoms with Gasteiger partial charge in [0.05, 0.1) is 11.0 Å². The fourth-order valence-electron chi connectivity index (χ4n) is 2.28. The molecule has 0 aliphatic carbocycles. The fourth-order valence-corrected chi connectivity index (χ4v) is 2.28. The van der Waals surface area contributed by atoms with Gasteiger partial charge in [0.15, 0.2) is 0 Å². The number of carbonyl (C=O) groups is 1. The van der Waals surface area contributed by atoms with Crippen LogP contribution in [0.4, 0.5) is 10.7 Å². The van der Waals surface area contributed by atoms with Crippen molar-refractivity contribution >= 4 is 23.1 Å². The summed E-state index contributed by atoms with van der Waals surface area (Å²) in [7, 11) is 1.59. The maximum Gasteiger partial charge on any atom is 0.414 e. The van der Waals surface area contributed by atoms with E-state index in [1.165, 1.54) is 0 Å². The van der Waals surface area contributed by atoms with Crippen LogP contribution in [0.1, 0.15) is 5.56 Å². The van der Waals surface area contributed by atoms with Gasteiger partial charge < -0.3 is 9.47 Å². The number of imidazole rings is 1. The molecular formula is C17H17N3O3. The molecule has 0 saturated carbocycles. The summed E-state index contributed by atoms with van der Waals surface area (Å²) in [4.78, 5) is 16.4. The summed E-state index contributed by atoms with van der Waals surface area (Å²) in [5, 5.41) is 2.67. The molecule has 0 bridgehead atoms. The molecule has 2 aromatic carbocycles. The van der Waals surface area contributed by atoms with Gasteiger partial charge in [-0.15, -0.1) is 0 Å². The number of methoxy groups -OCH3 is 1. The van der Waals surface area contributed by atoms with Crippen LogP contribution in [0.3, 0.4) is 0 Å². The highest BCUT2D eigenvalue weighted by molar-refractivity contribution is 5.86. The second-order valence-corrected chi connectivity index (χ2v) is 4.96. The lowest BCUT2D eigenvalue weighted by Gasteiger charge is -2.09. The Balaban J connectivity index is 1.72. The number of amides is 1. The third kappa shape index (κ3) is 3.49. The van der Waals surface area contributed by atoms with Crippen molar-refractivity contribution < 1.29 is 14.3 Å². The highest BCUT2D eigenvalue weighted by Gasteiger charge is 2.13. The van der Waals surface area contributed by atoms with Crippen molar-refractivity contribution in [1.29, 1.82) is 0 Å². The number of fused-ring (bicyclic) bond motifs is 1. The predicted octanol–water partition coefficient (Wildman–Crippen LogP) is 3.39. The van der Waals surface area contributed by atoms with Gasteiger partial charge in [-0.2, -0.15) is 0 Å². The summed E-state index contributed by atoms with van der Waals surface area (Å²) in [6.07, 6.45) is -0.554. The van der Waals surface area contributed by atoms with E-state index >= 15 is 0 Å². The molecule has 6 heteroatoms. The summed E-state index contributed by atoms with van der Waals surface area (Å²) < 4.78 is 12.2. The van der Waals surface area contributed by atoms with Crippen molar-refractivity contribution in [3.8, 4) is 0 Å². The van der Waals surface area contributed by atoms with E-state index in [4.69, 9.17) is 9.47 Å². The number of hydrogen-bond acceptors (Lipinski definition) is 4. The minimum atomic E-state index is -0.554. The summed E-state index contributed by atoms with van der Waals surface area (Å²) in [6.45, 7) is 0.492. The number of nitrogens with zero attached hydrogens (tertiary/aromatic N) is 2. The van der Waals surface area contributed by atoms with Crippen LogP contribution in [-0.4, -0.2) is 22.8 Å². The van der Waals surface area contributed by atoms with E-state index in [0.717, 1.165) is 16.6 Å². The molecule has 0 fully saturated rings. The Labute approximate surface area is 133 Å². The third-order valence-corrected chi connectivity index (χ3v) is 3.34. The average molecular weight is 311 g/mol. The molecule has 3 rings (SSSR count). The van der Waals surface area contributed by atoms with Crippen LogP contribution in [0.2, 0.25) is 0 Å². The second-order valence-electron chi connectivity index (χ2n) is 4.96. The predicted molar refractivity (Wildman–Crippen MR) is 87.0 cm³/mol. The van der Waals surface area contributed by atoms with Crippen molar-refractivity contribution in [1.82, 2.24) is 9.55 Å². The largest absolute Gasteiger partial charge is 0.444 e. The average Bonchev–Trinajstić information content (AvgIpc) is 2.92. The molecule has 1 N–H and O–H groups in total. The Bertz CT molecular complexity index is 799. The second kappa shape index (κ2) is 6.93. The number of nitrogens with one attached hydrogen (secondary N) is 1. The zero-order chi connectivity index (χ0) is 16.1. The summed E-state index contributed by atoms with van der Waals surface area (Å²) in [5.74, 6) is 0.395. The quantitative estimate of drug-likeness (QED) is 0.784. The lowest BCUT2D eigenvalue weighted by Crippen LogP contribution is -2.17. The molecule has 23 heavy (non-hydrogen) atoms. The molecular weight excluding hydrogens is 294 g/mol. The first-order chi connectivity index (χ1) is 11.3. The number of hydrogen-bond donors (Lipinski definition) is 1. The SMILES string of the molecule is COCn1c(NC(=O)OCc2ccccc2)nc2ccccc21. The molecule has 6 nitrogen and oxygen atoms in total. The van der Waals surface area contributed by atoms with Crippen LogP contribution in [0.15, 0.2) is 54.6 Å².